The standard InChI is InChI=1S/C6H4BF.2H2O/c7-5-2-1-3-6(8)4-5;;/h1-4H;2*1H2/q+2;;/p-2. The van der Waals surface area contributed by atoms with Crippen molar-refractivity contribution in [3.8, 4) is 0 Å². The van der Waals surface area contributed by atoms with Crippen molar-refractivity contribution in [3.63, 3.8) is 0 Å². The van der Waals surface area contributed by atoms with Crippen molar-refractivity contribution in [2.24, 2.45) is 0 Å². The summed E-state index contributed by atoms with van der Waals surface area (Å²) in [5.74, 6) is -0.287. The van der Waals surface area contributed by atoms with E-state index < -0.39 is 0 Å². The van der Waals surface area contributed by atoms with Crippen molar-refractivity contribution in [2.75, 3.05) is 0 Å². The first-order chi connectivity index (χ1) is 3.79. The monoisotopic (exact) mass is 140 g/mol. The van der Waals surface area contributed by atoms with E-state index in [9.17, 15) is 4.39 Å². The van der Waals surface area contributed by atoms with Crippen LogP contribution >= 0.6 is 0 Å². The smallest absolute Gasteiger partial charge is 0.870 e. The summed E-state index contributed by atoms with van der Waals surface area (Å²) in [6.45, 7) is 0. The summed E-state index contributed by atoms with van der Waals surface area (Å²) in [6.07, 6.45) is 0. The Morgan fingerprint density at radius 1 is 1.20 bits per heavy atom. The van der Waals surface area contributed by atoms with Gasteiger partial charge in [0, 0.05) is 0 Å². The molecule has 0 aliphatic carbocycles. The molecule has 0 aliphatic rings. The summed E-state index contributed by atoms with van der Waals surface area (Å²) in [6, 6.07) is 5.85. The number of rotatable bonds is 0. The van der Waals surface area contributed by atoms with Crippen molar-refractivity contribution >= 4 is 13.3 Å². The molecule has 0 heterocycles. The Bertz CT molecular complexity index is 176. The summed E-state index contributed by atoms with van der Waals surface area (Å²) in [5.41, 5.74) is 0.463. The van der Waals surface area contributed by atoms with Crippen LogP contribution in [0.3, 0.4) is 0 Å². The molecule has 0 radical (unpaired) electrons. The van der Waals surface area contributed by atoms with Gasteiger partial charge in [-0.3, -0.25) is 0 Å². The van der Waals surface area contributed by atoms with E-state index in [0.29, 0.717) is 5.46 Å². The Kier molecular flexibility index (Phi) is 5.89. The van der Waals surface area contributed by atoms with Gasteiger partial charge in [-0.25, -0.2) is 0 Å². The minimum absolute atomic E-state index is 0. The zero-order valence-electron chi connectivity index (χ0n) is 5.16. The molecule has 0 amide bonds. The SMILES string of the molecule is [B+2]c1cccc(F)c1.[OH-].[OH-]. The zero-order valence-corrected chi connectivity index (χ0v) is 5.16. The molecule has 0 unspecified atom stereocenters. The van der Waals surface area contributed by atoms with E-state index in [0.717, 1.165) is 0 Å². The van der Waals surface area contributed by atoms with E-state index in [1.54, 1.807) is 12.1 Å². The van der Waals surface area contributed by atoms with Gasteiger partial charge in [0.1, 0.15) is 0 Å². The Labute approximate surface area is 59.7 Å². The summed E-state index contributed by atoms with van der Waals surface area (Å²) in [5, 5.41) is 0. The van der Waals surface area contributed by atoms with Crippen LogP contribution in [0, 0.1) is 5.82 Å². The second-order valence-electron chi connectivity index (χ2n) is 1.56. The van der Waals surface area contributed by atoms with Gasteiger partial charge in [0.25, 0.3) is 0 Å². The molecule has 0 spiro atoms. The first-order valence-corrected chi connectivity index (χ1v) is 2.30. The molecule has 0 aliphatic heterocycles. The third kappa shape index (κ3) is 3.22. The number of hydrogen-bond acceptors (Lipinski definition) is 2. The summed E-state index contributed by atoms with van der Waals surface area (Å²) in [7, 11) is 5.22. The van der Waals surface area contributed by atoms with Crippen LogP contribution in [0.1, 0.15) is 0 Å². The van der Waals surface area contributed by atoms with Gasteiger partial charge < -0.3 is 11.0 Å². The molecule has 4 heteroatoms. The maximum atomic E-state index is 12.1. The predicted molar refractivity (Wildman–Crippen MR) is 35.7 cm³/mol. The van der Waals surface area contributed by atoms with Gasteiger partial charge in [0.15, 0.2) is 0 Å². The average Bonchev–Trinajstić information content (AvgIpc) is 1.64. The molecular weight excluding hydrogens is 134 g/mol. The van der Waals surface area contributed by atoms with Crippen LogP contribution in [0.15, 0.2) is 24.3 Å². The minimum atomic E-state index is -0.287. The Hall–Kier alpha value is -0.865. The normalized spacial score (nSPS) is 7.50. The van der Waals surface area contributed by atoms with Crippen molar-refractivity contribution in [2.45, 2.75) is 0 Å². The van der Waals surface area contributed by atoms with Crippen LogP contribution < -0.4 is 5.46 Å². The maximum Gasteiger partial charge on any atom is -0.870 e. The number of hydrogen-bond donors (Lipinski definition) is 0. The van der Waals surface area contributed by atoms with Gasteiger partial charge >= 0.3 is 47.8 Å². The molecule has 10 heavy (non-hydrogen) atoms. The Morgan fingerprint density at radius 3 is 2.10 bits per heavy atom. The Morgan fingerprint density at radius 2 is 1.80 bits per heavy atom. The second-order valence-corrected chi connectivity index (χ2v) is 1.56. The molecule has 52 valence electrons. The topological polar surface area (TPSA) is 60.0 Å². The molecule has 0 fully saturated rings. The molecule has 1 aromatic rings. The van der Waals surface area contributed by atoms with E-state index >= 15 is 0 Å². The van der Waals surface area contributed by atoms with Gasteiger partial charge in [-0.2, -0.15) is 0 Å². The fourth-order valence-electron chi connectivity index (χ4n) is 0.507. The summed E-state index contributed by atoms with van der Waals surface area (Å²) >= 11 is 0. The van der Waals surface area contributed by atoms with Gasteiger partial charge in [-0.1, -0.05) is 0 Å². The third-order valence-corrected chi connectivity index (χ3v) is 0.849. The quantitative estimate of drug-likeness (QED) is 0.485. The van der Waals surface area contributed by atoms with Crippen LogP contribution in [0.5, 0.6) is 0 Å². The van der Waals surface area contributed by atoms with Crippen LogP contribution in [0.4, 0.5) is 4.39 Å². The fourth-order valence-corrected chi connectivity index (χ4v) is 0.507. The number of halogens is 1. The fraction of sp³-hybridized carbons (Fsp3) is 0. The molecule has 0 bridgehead atoms. The molecule has 2 N–H and O–H groups in total. The molecule has 1 aromatic carbocycles. The van der Waals surface area contributed by atoms with E-state index in [1.807, 2.05) is 0 Å². The largest absolute Gasteiger partial charge is 0.870 e. The van der Waals surface area contributed by atoms with E-state index in [1.165, 1.54) is 12.1 Å². The maximum absolute atomic E-state index is 12.1. The van der Waals surface area contributed by atoms with Crippen molar-refractivity contribution < 1.29 is 15.3 Å². The molecule has 0 atom stereocenters. The molecule has 2 nitrogen and oxygen atoms in total. The van der Waals surface area contributed by atoms with Crippen molar-refractivity contribution in [3.05, 3.63) is 30.1 Å². The molecule has 0 saturated carbocycles. The van der Waals surface area contributed by atoms with Crippen LogP contribution in [-0.4, -0.2) is 18.8 Å². The average molecular weight is 140 g/mol. The Balaban J connectivity index is 0. The molecule has 1 rings (SSSR count). The minimum Gasteiger partial charge on any atom is -0.870 e. The van der Waals surface area contributed by atoms with Gasteiger partial charge in [-0.15, -0.1) is 0 Å². The van der Waals surface area contributed by atoms with Crippen LogP contribution in [0.2, 0.25) is 0 Å². The zero-order chi connectivity index (χ0) is 5.98. The molecule has 0 aromatic heterocycles. The van der Waals surface area contributed by atoms with E-state index in [-0.39, 0.29) is 16.8 Å². The predicted octanol–water partition coefficient (Wildman–Crippen LogP) is 0.266. The van der Waals surface area contributed by atoms with Gasteiger partial charge in [-0.05, 0) is 0 Å². The first-order valence-electron chi connectivity index (χ1n) is 2.30. The number of benzene rings is 1. The van der Waals surface area contributed by atoms with Gasteiger partial charge in [0.05, 0.1) is 0 Å². The molecule has 0 saturated heterocycles. The van der Waals surface area contributed by atoms with Crippen molar-refractivity contribution in [1.29, 1.82) is 0 Å². The van der Waals surface area contributed by atoms with Crippen LogP contribution in [-0.2, 0) is 0 Å². The molecular formula is C6H6BFO2. The van der Waals surface area contributed by atoms with E-state index in [2.05, 4.69) is 0 Å². The summed E-state index contributed by atoms with van der Waals surface area (Å²) in [4.78, 5) is 0. The third-order valence-electron chi connectivity index (χ3n) is 0.849. The first kappa shape index (κ1) is 11.9. The second kappa shape index (κ2) is 4.96. The van der Waals surface area contributed by atoms with Crippen molar-refractivity contribution in [1.82, 2.24) is 0 Å². The van der Waals surface area contributed by atoms with Crippen LogP contribution in [0.25, 0.3) is 0 Å². The van der Waals surface area contributed by atoms with Gasteiger partial charge in [0.2, 0.25) is 0 Å². The summed E-state index contributed by atoms with van der Waals surface area (Å²) < 4.78 is 12.1. The van der Waals surface area contributed by atoms with E-state index in [4.69, 9.17) is 7.85 Å².